The van der Waals surface area contributed by atoms with Crippen molar-refractivity contribution in [3.8, 4) is 0 Å². The fraction of sp³-hybridized carbons (Fsp3) is 0.455. The predicted octanol–water partition coefficient (Wildman–Crippen LogP) is 5.56. The molecule has 3 amide bonds. The van der Waals surface area contributed by atoms with E-state index in [1.54, 1.807) is 18.3 Å². The van der Waals surface area contributed by atoms with Gasteiger partial charge >= 0.3 is 12.2 Å². The topological polar surface area (TPSA) is 137 Å². The average Bonchev–Trinajstić information content (AvgIpc) is 3.05. The Morgan fingerprint density at radius 1 is 0.957 bits per heavy atom. The maximum Gasteiger partial charge on any atom is 0.416 e. The van der Waals surface area contributed by atoms with Gasteiger partial charge in [0, 0.05) is 49.2 Å². The smallest absolute Gasteiger partial charge is 0.384 e. The first kappa shape index (κ1) is 33.0. The van der Waals surface area contributed by atoms with Crippen LogP contribution in [0.5, 0.6) is 0 Å². The number of likely N-dealkylation sites (tertiary alicyclic amines) is 1. The van der Waals surface area contributed by atoms with E-state index in [1.165, 1.54) is 18.6 Å². The summed E-state index contributed by atoms with van der Waals surface area (Å²) in [5.41, 5.74) is 6.86. The second-order valence-corrected chi connectivity index (χ2v) is 12.0. The van der Waals surface area contributed by atoms with E-state index in [0.29, 0.717) is 18.9 Å². The van der Waals surface area contributed by atoms with Crippen molar-refractivity contribution in [2.75, 3.05) is 37.2 Å². The van der Waals surface area contributed by atoms with Gasteiger partial charge < -0.3 is 31.9 Å². The maximum atomic E-state index is 13.4. The average molecular weight is 639 g/mol. The number of nitrogens with zero attached hydrogens (tertiary/aromatic N) is 3. The number of nitrogens with one attached hydrogen (secondary N) is 4. The van der Waals surface area contributed by atoms with Gasteiger partial charge in [0.25, 0.3) is 5.91 Å². The molecule has 1 saturated heterocycles. The minimum atomic E-state index is -4.50. The van der Waals surface area contributed by atoms with E-state index < -0.39 is 11.7 Å². The molecule has 6 N–H and O–H groups in total. The summed E-state index contributed by atoms with van der Waals surface area (Å²) in [6.45, 7) is 3.56. The third-order valence-corrected chi connectivity index (χ3v) is 8.56. The van der Waals surface area contributed by atoms with E-state index in [1.807, 2.05) is 12.1 Å². The number of halogens is 3. The minimum absolute atomic E-state index is 0.00606. The minimum Gasteiger partial charge on any atom is -0.384 e. The maximum absolute atomic E-state index is 13.4. The number of amides is 3. The van der Waals surface area contributed by atoms with Crippen molar-refractivity contribution in [3.63, 3.8) is 0 Å². The van der Waals surface area contributed by atoms with Crippen LogP contribution in [-0.4, -0.2) is 59.0 Å². The highest BCUT2D eigenvalue weighted by Crippen LogP contribution is 2.35. The molecule has 46 heavy (non-hydrogen) atoms. The van der Waals surface area contributed by atoms with Gasteiger partial charge in [-0.3, -0.25) is 4.79 Å². The van der Waals surface area contributed by atoms with Gasteiger partial charge in [0.05, 0.1) is 11.1 Å². The number of carbonyl (C=O) groups is 2. The van der Waals surface area contributed by atoms with Crippen LogP contribution in [-0.2, 0) is 12.7 Å². The first-order valence-electron chi connectivity index (χ1n) is 15.8. The zero-order chi connectivity index (χ0) is 32.5. The number of benzene rings is 1. The van der Waals surface area contributed by atoms with E-state index in [9.17, 15) is 22.8 Å². The van der Waals surface area contributed by atoms with E-state index in [2.05, 4.69) is 31.2 Å². The highest BCUT2D eigenvalue weighted by molar-refractivity contribution is 5.99. The first-order chi connectivity index (χ1) is 22.1. The molecule has 0 unspecified atom stereocenters. The standard InChI is InChI=1S/C33H41F3N8O2/c34-33(35,36)24-5-4-6-26(19-24)41-30-27(31(45)38-15-18-44-16-2-1-3-17-44)12-13-28(43-30)23-8-10-25(11-9-23)42-32(46)40-21-22-7-14-29(37)39-20-22/h4-7,12-14,19-20,23,25H,1-3,8-11,15-18,21H2,(H2,37,39)(H,38,45)(H,41,43)(H2,40,42,46). The molecular formula is C33H41F3N8O2. The number of carbonyl (C=O) groups excluding carboxylic acids is 2. The Labute approximate surface area is 266 Å². The lowest BCUT2D eigenvalue weighted by Crippen LogP contribution is -2.43. The largest absolute Gasteiger partial charge is 0.416 e. The van der Waals surface area contributed by atoms with Gasteiger partial charge in [-0.15, -0.1) is 0 Å². The third kappa shape index (κ3) is 9.32. The van der Waals surface area contributed by atoms with Gasteiger partial charge in [-0.1, -0.05) is 18.6 Å². The number of anilines is 3. The number of aromatic nitrogens is 2. The van der Waals surface area contributed by atoms with Gasteiger partial charge in [0.15, 0.2) is 0 Å². The highest BCUT2D eigenvalue weighted by atomic mass is 19.4. The van der Waals surface area contributed by atoms with Crippen molar-refractivity contribution in [3.05, 3.63) is 77.1 Å². The number of nitrogens with two attached hydrogens (primary N) is 1. The number of pyridine rings is 2. The molecule has 1 saturated carbocycles. The van der Waals surface area contributed by atoms with Gasteiger partial charge in [0.2, 0.25) is 0 Å². The summed E-state index contributed by atoms with van der Waals surface area (Å²) < 4.78 is 40.2. The second kappa shape index (κ2) is 15.3. The summed E-state index contributed by atoms with van der Waals surface area (Å²) in [6.07, 6.45) is 3.62. The Hall–Kier alpha value is -4.39. The zero-order valence-electron chi connectivity index (χ0n) is 25.7. The van der Waals surface area contributed by atoms with E-state index in [-0.39, 0.29) is 41.0 Å². The monoisotopic (exact) mass is 638 g/mol. The lowest BCUT2D eigenvalue weighted by molar-refractivity contribution is -0.137. The highest BCUT2D eigenvalue weighted by Gasteiger charge is 2.31. The molecule has 10 nitrogen and oxygen atoms in total. The van der Waals surface area contributed by atoms with Crippen LogP contribution in [0.1, 0.15) is 78.0 Å². The molecule has 2 fully saturated rings. The molecule has 3 heterocycles. The second-order valence-electron chi connectivity index (χ2n) is 12.0. The predicted molar refractivity (Wildman–Crippen MR) is 171 cm³/mol. The summed E-state index contributed by atoms with van der Waals surface area (Å²) in [5.74, 6) is 0.364. The van der Waals surface area contributed by atoms with Crippen LogP contribution in [0.3, 0.4) is 0 Å². The fourth-order valence-electron chi connectivity index (χ4n) is 5.99. The lowest BCUT2D eigenvalue weighted by Gasteiger charge is -2.29. The molecule has 13 heteroatoms. The molecule has 2 aliphatic rings. The van der Waals surface area contributed by atoms with Crippen molar-refractivity contribution >= 4 is 29.3 Å². The Morgan fingerprint density at radius 2 is 1.74 bits per heavy atom. The van der Waals surface area contributed by atoms with Crippen molar-refractivity contribution in [2.24, 2.45) is 0 Å². The van der Waals surface area contributed by atoms with E-state index >= 15 is 0 Å². The van der Waals surface area contributed by atoms with Crippen molar-refractivity contribution in [1.82, 2.24) is 30.8 Å². The molecule has 246 valence electrons. The molecule has 0 radical (unpaired) electrons. The third-order valence-electron chi connectivity index (χ3n) is 8.56. The summed E-state index contributed by atoms with van der Waals surface area (Å²) >= 11 is 0. The summed E-state index contributed by atoms with van der Waals surface area (Å²) in [7, 11) is 0. The summed E-state index contributed by atoms with van der Waals surface area (Å²) in [6, 6.07) is 11.6. The van der Waals surface area contributed by atoms with E-state index in [0.717, 1.165) is 81.5 Å². The Kier molecular flexibility index (Phi) is 10.9. The number of urea groups is 1. The van der Waals surface area contributed by atoms with Gasteiger partial charge in [0.1, 0.15) is 11.6 Å². The zero-order valence-corrected chi connectivity index (χ0v) is 25.7. The van der Waals surface area contributed by atoms with Crippen LogP contribution in [0.2, 0.25) is 0 Å². The van der Waals surface area contributed by atoms with Gasteiger partial charge in [-0.05, 0) is 93.6 Å². The van der Waals surface area contributed by atoms with Gasteiger partial charge in [-0.25, -0.2) is 14.8 Å². The SMILES string of the molecule is Nc1ccc(CNC(=O)NC2CCC(c3ccc(C(=O)NCCN4CCCCC4)c(Nc4cccc(C(F)(F)F)c4)n3)CC2)cn1. The number of piperidine rings is 1. The number of hydrogen-bond donors (Lipinski definition) is 5. The Bertz CT molecular complexity index is 1470. The molecule has 1 aliphatic heterocycles. The molecule has 1 aromatic carbocycles. The van der Waals surface area contributed by atoms with Crippen LogP contribution in [0.4, 0.5) is 35.3 Å². The molecular weight excluding hydrogens is 597 g/mol. The van der Waals surface area contributed by atoms with Crippen LogP contribution >= 0.6 is 0 Å². The number of rotatable bonds is 10. The fourth-order valence-corrected chi connectivity index (χ4v) is 5.99. The van der Waals surface area contributed by atoms with Crippen molar-refractivity contribution in [1.29, 1.82) is 0 Å². The van der Waals surface area contributed by atoms with Crippen LogP contribution in [0.25, 0.3) is 0 Å². The quantitative estimate of drug-likeness (QED) is 0.196. The number of nitrogen functional groups attached to an aromatic ring is 1. The normalized spacial score (nSPS) is 18.8. The van der Waals surface area contributed by atoms with Crippen LogP contribution < -0.4 is 27.0 Å². The molecule has 0 bridgehead atoms. The van der Waals surface area contributed by atoms with Crippen LogP contribution in [0, 0.1) is 0 Å². The van der Waals surface area contributed by atoms with Gasteiger partial charge in [-0.2, -0.15) is 13.2 Å². The first-order valence-corrected chi connectivity index (χ1v) is 15.8. The van der Waals surface area contributed by atoms with Crippen molar-refractivity contribution < 1.29 is 22.8 Å². The molecule has 2 aromatic heterocycles. The summed E-state index contributed by atoms with van der Waals surface area (Å²) in [4.78, 5) is 36.9. The molecule has 5 rings (SSSR count). The van der Waals surface area contributed by atoms with Crippen LogP contribution in [0.15, 0.2) is 54.7 Å². The molecule has 0 spiro atoms. The molecule has 0 atom stereocenters. The number of alkyl halides is 3. The molecule has 3 aromatic rings. The lowest BCUT2D eigenvalue weighted by atomic mass is 9.83. The van der Waals surface area contributed by atoms with Crippen molar-refractivity contribution in [2.45, 2.75) is 69.6 Å². The van der Waals surface area contributed by atoms with E-state index in [4.69, 9.17) is 10.7 Å². The Balaban J connectivity index is 1.22. The summed E-state index contributed by atoms with van der Waals surface area (Å²) in [5, 5.41) is 11.8. The number of hydrogen-bond acceptors (Lipinski definition) is 7. The molecule has 1 aliphatic carbocycles. The Morgan fingerprint density at radius 3 is 2.46 bits per heavy atom.